The van der Waals surface area contributed by atoms with Gasteiger partial charge in [0.15, 0.2) is 5.70 Å². The van der Waals surface area contributed by atoms with Crippen LogP contribution in [-0.4, -0.2) is 46.9 Å². The summed E-state index contributed by atoms with van der Waals surface area (Å²) in [6.07, 6.45) is -12.1. The molecule has 0 bridgehead atoms. The molecule has 0 atom stereocenters. The van der Waals surface area contributed by atoms with Crippen molar-refractivity contribution < 1.29 is 74.6 Å². The Labute approximate surface area is 135 Å². The third-order valence-corrected chi connectivity index (χ3v) is 3.17. The molecule has 1 saturated heterocycles. The molecule has 1 nitrogen and oxygen atoms in total. The number of hydrogen-bond acceptors (Lipinski definition) is 1. The Morgan fingerprint density at radius 3 is 0.963 bits per heavy atom. The van der Waals surface area contributed by atoms with Crippen molar-refractivity contribution in [2.24, 2.45) is 0 Å². The van der Waals surface area contributed by atoms with Crippen LogP contribution in [0.3, 0.4) is 0 Å². The van der Waals surface area contributed by atoms with Gasteiger partial charge >= 0.3 is 42.0 Å². The molecular weight excluding hydrogens is 445 g/mol. The molecule has 0 aromatic heterocycles. The van der Waals surface area contributed by atoms with E-state index in [4.69, 9.17) is 0 Å². The highest BCUT2D eigenvalue weighted by atomic mass is 19.4. The topological polar surface area (TPSA) is 3.24 Å². The summed E-state index contributed by atoms with van der Waals surface area (Å²) < 4.78 is 220. The predicted molar refractivity (Wildman–Crippen MR) is 46.8 cm³/mol. The molecule has 18 heteroatoms. The molecule has 0 N–H and O–H groups in total. The first-order chi connectivity index (χ1) is 11.4. The Hall–Kier alpha value is -1.65. The van der Waals surface area contributed by atoms with Gasteiger partial charge in [0, 0.05) is 0 Å². The van der Waals surface area contributed by atoms with Crippen molar-refractivity contribution in [2.45, 2.75) is 42.0 Å². The van der Waals surface area contributed by atoms with Crippen molar-refractivity contribution >= 4 is 0 Å². The van der Waals surface area contributed by atoms with E-state index in [9.17, 15) is 74.6 Å². The summed E-state index contributed by atoms with van der Waals surface area (Å²) in [5.41, 5.74) is -4.95. The number of hydrogen-bond donors (Lipinski definition) is 0. The van der Waals surface area contributed by atoms with E-state index in [0.29, 0.717) is 0 Å². The molecule has 0 radical (unpaired) electrons. The van der Waals surface area contributed by atoms with Crippen molar-refractivity contribution in [3.8, 4) is 0 Å². The summed E-state index contributed by atoms with van der Waals surface area (Å²) in [7, 11) is 0. The normalized spacial score (nSPS) is 27.7. The Bertz CT molecular complexity index is 597. The van der Waals surface area contributed by atoms with Crippen LogP contribution in [0, 0.1) is 0 Å². The van der Waals surface area contributed by atoms with E-state index in [1.54, 1.807) is 0 Å². The highest BCUT2D eigenvalue weighted by Gasteiger charge is 2.97. The molecule has 1 heterocycles. The summed E-state index contributed by atoms with van der Waals surface area (Å²) in [5.74, 6) is -32.5. The van der Waals surface area contributed by atoms with Crippen LogP contribution in [0.1, 0.15) is 0 Å². The Balaban J connectivity index is 4.19. The Morgan fingerprint density at radius 2 is 0.778 bits per heavy atom. The smallest absolute Gasteiger partial charge is 0.232 e. The van der Waals surface area contributed by atoms with Gasteiger partial charge in [-0.05, 0) is 0 Å². The molecule has 0 spiro atoms. The lowest BCUT2D eigenvalue weighted by Crippen LogP contribution is -2.66. The molecule has 1 rings (SSSR count). The van der Waals surface area contributed by atoms with Gasteiger partial charge in [-0.15, -0.1) is 0 Å². The van der Waals surface area contributed by atoms with Crippen LogP contribution in [0.2, 0.25) is 0 Å². The van der Waals surface area contributed by atoms with Gasteiger partial charge in [0.1, 0.15) is 0 Å². The highest BCUT2D eigenvalue weighted by molar-refractivity contribution is 5.23. The van der Waals surface area contributed by atoms with E-state index in [1.807, 2.05) is 0 Å². The molecule has 0 unspecified atom stereocenters. The van der Waals surface area contributed by atoms with Crippen LogP contribution >= 0.6 is 0 Å². The number of halogens is 17. The van der Waals surface area contributed by atoms with Gasteiger partial charge in [-0.25, -0.2) is 4.90 Å². The third-order valence-electron chi connectivity index (χ3n) is 3.17. The number of nitrogens with zero attached hydrogens (tertiary/aromatic N) is 1. The molecule has 0 aromatic carbocycles. The van der Waals surface area contributed by atoms with E-state index in [-0.39, 0.29) is 0 Å². The second-order valence-corrected chi connectivity index (χ2v) is 4.82. The van der Waals surface area contributed by atoms with Gasteiger partial charge in [-0.3, -0.25) is 0 Å². The maximum Gasteiger partial charge on any atom is 0.436 e. The monoisotopic (exact) mass is 445 g/mol. The minimum atomic E-state index is -8.12. The fourth-order valence-corrected chi connectivity index (χ4v) is 1.83. The molecule has 0 aromatic rings. The van der Waals surface area contributed by atoms with E-state index in [2.05, 4.69) is 0 Å². The fraction of sp³-hybridized carbons (Fsp3) is 0.778. The molecule has 0 amide bonds. The minimum absolute atomic E-state index is 4.16. The lowest BCUT2D eigenvalue weighted by atomic mass is 9.99. The standard InChI is InChI=1S/C9F17N/c10-2(11)1(3(12,13)14)27-8(23,24)6(19,20)4(15,16)5(17,18)7(21,22)9(27,25)26. The van der Waals surface area contributed by atoms with E-state index < -0.39 is 58.6 Å². The van der Waals surface area contributed by atoms with E-state index in [0.717, 1.165) is 0 Å². The van der Waals surface area contributed by atoms with Crippen molar-refractivity contribution in [2.75, 3.05) is 0 Å². The van der Waals surface area contributed by atoms with Gasteiger partial charge in [0.25, 0.3) is 6.08 Å². The predicted octanol–water partition coefficient (Wildman–Crippen LogP) is 5.70. The SMILES string of the molecule is FC(F)=C(N1C(F)(F)C(F)(F)C(F)(F)C(F)(F)C(F)(F)C1(F)F)C(F)(F)F. The lowest BCUT2D eigenvalue weighted by molar-refractivity contribution is -0.397. The summed E-state index contributed by atoms with van der Waals surface area (Å²) in [5, 5.41) is 0. The number of rotatable bonds is 1. The molecule has 0 saturated carbocycles. The Kier molecular flexibility index (Phi) is 4.72. The zero-order valence-electron chi connectivity index (χ0n) is 11.4. The quantitative estimate of drug-likeness (QED) is 0.370. The van der Waals surface area contributed by atoms with Crippen LogP contribution < -0.4 is 0 Å². The van der Waals surface area contributed by atoms with Crippen LogP contribution in [0.25, 0.3) is 0 Å². The molecular formula is C9F17N. The highest BCUT2D eigenvalue weighted by Crippen LogP contribution is 2.67. The minimum Gasteiger partial charge on any atom is -0.232 e. The maximum atomic E-state index is 13.4. The van der Waals surface area contributed by atoms with Gasteiger partial charge in [-0.1, -0.05) is 0 Å². The van der Waals surface area contributed by atoms with Crippen LogP contribution in [0.4, 0.5) is 74.6 Å². The first kappa shape index (κ1) is 23.4. The summed E-state index contributed by atoms with van der Waals surface area (Å²) in [6, 6.07) is -16.0. The van der Waals surface area contributed by atoms with Crippen molar-refractivity contribution in [1.29, 1.82) is 0 Å². The second kappa shape index (κ2) is 5.45. The summed E-state index contributed by atoms with van der Waals surface area (Å²) in [4.78, 5) is -4.16. The van der Waals surface area contributed by atoms with Gasteiger partial charge in [0.2, 0.25) is 0 Å². The van der Waals surface area contributed by atoms with E-state index in [1.165, 1.54) is 0 Å². The lowest BCUT2D eigenvalue weighted by Gasteiger charge is -2.41. The summed E-state index contributed by atoms with van der Waals surface area (Å²) >= 11 is 0. The number of allylic oxidation sites excluding steroid dienone is 1. The van der Waals surface area contributed by atoms with Crippen LogP contribution in [0.5, 0.6) is 0 Å². The molecule has 1 fully saturated rings. The van der Waals surface area contributed by atoms with Crippen LogP contribution in [-0.2, 0) is 0 Å². The molecule has 160 valence electrons. The molecule has 1 aliphatic rings. The second-order valence-electron chi connectivity index (χ2n) is 4.82. The summed E-state index contributed by atoms with van der Waals surface area (Å²) in [6.45, 7) is 0. The third kappa shape index (κ3) is 2.53. The maximum absolute atomic E-state index is 13.4. The molecule has 0 aliphatic carbocycles. The number of alkyl halides is 15. The number of likely N-dealkylation sites (tertiary alicyclic amines) is 1. The van der Waals surface area contributed by atoms with Crippen molar-refractivity contribution in [1.82, 2.24) is 4.90 Å². The zero-order chi connectivity index (χ0) is 22.2. The van der Waals surface area contributed by atoms with Gasteiger partial charge < -0.3 is 0 Å². The van der Waals surface area contributed by atoms with Gasteiger partial charge in [-0.2, -0.15) is 74.6 Å². The van der Waals surface area contributed by atoms with E-state index >= 15 is 0 Å². The van der Waals surface area contributed by atoms with Crippen molar-refractivity contribution in [3.05, 3.63) is 11.8 Å². The first-order valence-corrected chi connectivity index (χ1v) is 5.63. The van der Waals surface area contributed by atoms with Crippen molar-refractivity contribution in [3.63, 3.8) is 0 Å². The molecule has 1 aliphatic heterocycles. The van der Waals surface area contributed by atoms with Crippen LogP contribution in [0.15, 0.2) is 11.8 Å². The largest absolute Gasteiger partial charge is 0.436 e. The van der Waals surface area contributed by atoms with Gasteiger partial charge in [0.05, 0.1) is 0 Å². The molecule has 27 heavy (non-hydrogen) atoms. The fourth-order valence-electron chi connectivity index (χ4n) is 1.83. The average Bonchev–Trinajstić information content (AvgIpc) is 2.40. The average molecular weight is 445 g/mol. The zero-order valence-corrected chi connectivity index (χ0v) is 11.4. The first-order valence-electron chi connectivity index (χ1n) is 5.63. The Morgan fingerprint density at radius 1 is 0.519 bits per heavy atom.